The van der Waals surface area contributed by atoms with E-state index in [0.29, 0.717) is 6.04 Å². The summed E-state index contributed by atoms with van der Waals surface area (Å²) < 4.78 is 0. The molecule has 0 saturated heterocycles. The summed E-state index contributed by atoms with van der Waals surface area (Å²) in [4.78, 5) is 1.97. The first kappa shape index (κ1) is 8.85. The van der Waals surface area contributed by atoms with Crippen molar-refractivity contribution >= 4 is 5.96 Å². The molecule has 0 aliphatic heterocycles. The monoisotopic (exact) mass is 181 g/mol. The van der Waals surface area contributed by atoms with E-state index in [-0.39, 0.29) is 5.96 Å². The van der Waals surface area contributed by atoms with Gasteiger partial charge in [0.1, 0.15) is 0 Å². The van der Waals surface area contributed by atoms with Crippen LogP contribution in [0.2, 0.25) is 0 Å². The number of hydrogen-bond acceptors (Lipinski definition) is 1. The molecule has 74 valence electrons. The molecule has 1 atom stereocenters. The summed E-state index contributed by atoms with van der Waals surface area (Å²) >= 11 is 0. The largest absolute Gasteiger partial charge is 0.370 e. The van der Waals surface area contributed by atoms with Crippen LogP contribution in [0.15, 0.2) is 0 Å². The smallest absolute Gasteiger partial charge is 0.188 e. The minimum atomic E-state index is 0.234. The lowest BCUT2D eigenvalue weighted by atomic mass is 9.67. The lowest BCUT2D eigenvalue weighted by Gasteiger charge is -2.46. The van der Waals surface area contributed by atoms with Crippen molar-refractivity contribution in [2.45, 2.75) is 38.1 Å². The van der Waals surface area contributed by atoms with Gasteiger partial charge in [-0.25, -0.2) is 0 Å². The average Bonchev–Trinajstić information content (AvgIpc) is 2.18. The van der Waals surface area contributed by atoms with Gasteiger partial charge in [0.2, 0.25) is 0 Å². The maximum atomic E-state index is 7.42. The van der Waals surface area contributed by atoms with Crippen molar-refractivity contribution in [3.63, 3.8) is 0 Å². The summed E-state index contributed by atoms with van der Waals surface area (Å²) in [5, 5.41) is 7.42. The van der Waals surface area contributed by atoms with E-state index in [2.05, 4.69) is 0 Å². The van der Waals surface area contributed by atoms with Crippen molar-refractivity contribution in [2.75, 3.05) is 7.05 Å². The number of nitrogens with zero attached hydrogens (tertiary/aromatic N) is 1. The van der Waals surface area contributed by atoms with E-state index in [1.165, 1.54) is 32.1 Å². The molecule has 0 aromatic rings. The average molecular weight is 181 g/mol. The highest BCUT2D eigenvalue weighted by Crippen LogP contribution is 2.42. The van der Waals surface area contributed by atoms with Crippen molar-refractivity contribution < 1.29 is 0 Å². The van der Waals surface area contributed by atoms with Gasteiger partial charge in [-0.2, -0.15) is 0 Å². The van der Waals surface area contributed by atoms with Gasteiger partial charge in [0.05, 0.1) is 0 Å². The van der Waals surface area contributed by atoms with E-state index in [0.717, 1.165) is 11.8 Å². The van der Waals surface area contributed by atoms with Crippen LogP contribution in [0.1, 0.15) is 32.1 Å². The maximum Gasteiger partial charge on any atom is 0.188 e. The number of hydrogen-bond donors (Lipinski definition) is 2. The number of fused-ring (bicyclic) bond motifs is 3. The third-order valence-corrected chi connectivity index (χ3v) is 3.89. The Kier molecular flexibility index (Phi) is 2.18. The number of rotatable bonds is 1. The van der Waals surface area contributed by atoms with E-state index >= 15 is 0 Å². The molecule has 3 N–H and O–H groups in total. The van der Waals surface area contributed by atoms with Gasteiger partial charge in [-0.05, 0) is 31.1 Å². The number of guanidine groups is 1. The van der Waals surface area contributed by atoms with Crippen LogP contribution in [0.3, 0.4) is 0 Å². The highest BCUT2D eigenvalue weighted by molar-refractivity contribution is 5.74. The summed E-state index contributed by atoms with van der Waals surface area (Å²) in [6.07, 6.45) is 6.79. The van der Waals surface area contributed by atoms with Gasteiger partial charge < -0.3 is 10.6 Å². The Bertz CT molecular complexity index is 206. The fourth-order valence-corrected chi connectivity index (χ4v) is 3.00. The van der Waals surface area contributed by atoms with Crippen LogP contribution < -0.4 is 5.73 Å². The van der Waals surface area contributed by atoms with Crippen molar-refractivity contribution in [2.24, 2.45) is 17.6 Å². The number of nitrogens with two attached hydrogens (primary N) is 1. The second kappa shape index (κ2) is 3.20. The Hall–Kier alpha value is -0.730. The van der Waals surface area contributed by atoms with Crippen LogP contribution in [-0.4, -0.2) is 23.9 Å². The Balaban J connectivity index is 2.04. The Morgan fingerprint density at radius 2 is 1.92 bits per heavy atom. The van der Waals surface area contributed by atoms with E-state index in [1.54, 1.807) is 0 Å². The van der Waals surface area contributed by atoms with E-state index in [1.807, 2.05) is 11.9 Å². The topological polar surface area (TPSA) is 53.1 Å². The van der Waals surface area contributed by atoms with Crippen LogP contribution in [0.25, 0.3) is 0 Å². The zero-order valence-electron chi connectivity index (χ0n) is 8.29. The fourth-order valence-electron chi connectivity index (χ4n) is 3.00. The lowest BCUT2D eigenvalue weighted by molar-refractivity contribution is 0.0824. The van der Waals surface area contributed by atoms with Gasteiger partial charge in [0.25, 0.3) is 0 Å². The molecule has 3 nitrogen and oxygen atoms in total. The third kappa shape index (κ3) is 1.52. The van der Waals surface area contributed by atoms with Gasteiger partial charge in [-0.15, -0.1) is 0 Å². The Labute approximate surface area is 79.8 Å². The number of nitrogens with one attached hydrogen (secondary N) is 1. The molecular formula is C10H19N3. The van der Waals surface area contributed by atoms with Crippen molar-refractivity contribution in [3.8, 4) is 0 Å². The molecule has 3 saturated carbocycles. The first-order valence-corrected chi connectivity index (χ1v) is 5.25. The molecule has 13 heavy (non-hydrogen) atoms. The van der Waals surface area contributed by atoms with Crippen LogP contribution in [-0.2, 0) is 0 Å². The first-order valence-electron chi connectivity index (χ1n) is 5.25. The molecule has 2 bridgehead atoms. The minimum absolute atomic E-state index is 0.234. The summed E-state index contributed by atoms with van der Waals surface area (Å²) in [6.45, 7) is 0. The van der Waals surface area contributed by atoms with Crippen LogP contribution in [0.4, 0.5) is 0 Å². The van der Waals surface area contributed by atoms with Gasteiger partial charge in [0.15, 0.2) is 5.96 Å². The molecule has 3 fully saturated rings. The molecule has 0 amide bonds. The van der Waals surface area contributed by atoms with Crippen LogP contribution in [0.5, 0.6) is 0 Å². The minimum Gasteiger partial charge on any atom is -0.370 e. The highest BCUT2D eigenvalue weighted by Gasteiger charge is 2.37. The van der Waals surface area contributed by atoms with Gasteiger partial charge in [-0.3, -0.25) is 5.41 Å². The summed E-state index contributed by atoms with van der Waals surface area (Å²) in [5.74, 6) is 1.95. The summed E-state index contributed by atoms with van der Waals surface area (Å²) in [6, 6.07) is 0.560. The van der Waals surface area contributed by atoms with E-state index in [4.69, 9.17) is 11.1 Å². The summed E-state index contributed by atoms with van der Waals surface area (Å²) in [5.41, 5.74) is 5.51. The molecule has 3 aliphatic carbocycles. The normalized spacial score (nSPS) is 37.5. The van der Waals surface area contributed by atoms with Crippen LogP contribution >= 0.6 is 0 Å². The highest BCUT2D eigenvalue weighted by atomic mass is 15.2. The summed E-state index contributed by atoms with van der Waals surface area (Å²) in [7, 11) is 1.97. The van der Waals surface area contributed by atoms with Crippen molar-refractivity contribution in [1.82, 2.24) is 4.90 Å². The molecule has 3 rings (SSSR count). The lowest BCUT2D eigenvalue weighted by Crippen LogP contribution is -2.50. The molecule has 0 spiro atoms. The zero-order chi connectivity index (χ0) is 9.42. The molecular weight excluding hydrogens is 162 g/mol. The fraction of sp³-hybridized carbons (Fsp3) is 0.900. The second-order valence-electron chi connectivity index (χ2n) is 4.58. The quantitative estimate of drug-likeness (QED) is 0.474. The molecule has 0 radical (unpaired) electrons. The molecule has 0 aromatic heterocycles. The molecule has 3 aliphatic rings. The molecule has 0 heterocycles. The SMILES string of the molecule is CN(C(=N)N)C1CC2CCC1CC2. The van der Waals surface area contributed by atoms with E-state index < -0.39 is 0 Å². The molecule has 3 heteroatoms. The zero-order valence-corrected chi connectivity index (χ0v) is 8.29. The molecule has 1 unspecified atom stereocenters. The standard InChI is InChI=1S/C10H19N3/c1-13(10(11)12)9-6-7-2-4-8(9)5-3-7/h7-9H,2-6H2,1H3,(H3,11,12). The predicted octanol–water partition coefficient (Wildman–Crippen LogP) is 1.39. The van der Waals surface area contributed by atoms with Gasteiger partial charge in [0, 0.05) is 13.1 Å². The predicted molar refractivity (Wildman–Crippen MR) is 53.5 cm³/mol. The van der Waals surface area contributed by atoms with Crippen molar-refractivity contribution in [3.05, 3.63) is 0 Å². The van der Waals surface area contributed by atoms with Gasteiger partial charge in [-0.1, -0.05) is 12.8 Å². The molecule has 0 aromatic carbocycles. The van der Waals surface area contributed by atoms with Crippen molar-refractivity contribution in [1.29, 1.82) is 5.41 Å². The van der Waals surface area contributed by atoms with Gasteiger partial charge >= 0.3 is 0 Å². The Morgan fingerprint density at radius 1 is 1.31 bits per heavy atom. The van der Waals surface area contributed by atoms with Crippen LogP contribution in [0, 0.1) is 17.2 Å². The first-order chi connectivity index (χ1) is 6.18. The maximum absolute atomic E-state index is 7.42. The second-order valence-corrected chi connectivity index (χ2v) is 4.58. The third-order valence-electron chi connectivity index (χ3n) is 3.89. The Morgan fingerprint density at radius 3 is 2.31 bits per heavy atom. The van der Waals surface area contributed by atoms with E-state index in [9.17, 15) is 0 Å².